The van der Waals surface area contributed by atoms with Crippen LogP contribution in [0.3, 0.4) is 0 Å². The van der Waals surface area contributed by atoms with Crippen LogP contribution in [-0.2, 0) is 17.8 Å². The van der Waals surface area contributed by atoms with Crippen molar-refractivity contribution in [2.75, 3.05) is 13.1 Å². The van der Waals surface area contributed by atoms with Gasteiger partial charge in [-0.3, -0.25) is 9.59 Å². The van der Waals surface area contributed by atoms with Crippen molar-refractivity contribution in [1.29, 1.82) is 0 Å². The molecule has 37 heavy (non-hydrogen) atoms. The number of nitrogens with zero attached hydrogens (tertiary/aromatic N) is 2. The molecule has 0 radical (unpaired) electrons. The van der Waals surface area contributed by atoms with Crippen LogP contribution in [0.2, 0.25) is 0 Å². The number of nitrogens with one attached hydrogen (secondary N) is 1. The van der Waals surface area contributed by atoms with E-state index in [4.69, 9.17) is 4.42 Å². The Kier molecular flexibility index (Phi) is 7.35. The van der Waals surface area contributed by atoms with Gasteiger partial charge in [0.05, 0.1) is 0 Å². The fourth-order valence-corrected chi connectivity index (χ4v) is 5.01. The van der Waals surface area contributed by atoms with Crippen molar-refractivity contribution in [3.8, 4) is 11.5 Å². The monoisotopic (exact) mass is 495 g/mol. The molecule has 0 spiro atoms. The predicted molar refractivity (Wildman–Crippen MR) is 145 cm³/mol. The fraction of sp³-hybridized carbons (Fsp3) is 0.323. The number of hydrogen-bond donors (Lipinski definition) is 1. The highest BCUT2D eigenvalue weighted by atomic mass is 16.3. The van der Waals surface area contributed by atoms with Gasteiger partial charge in [-0.15, -0.1) is 0 Å². The quantitative estimate of drug-likeness (QED) is 0.348. The van der Waals surface area contributed by atoms with Crippen molar-refractivity contribution in [1.82, 2.24) is 15.2 Å². The Morgan fingerprint density at radius 1 is 1.00 bits per heavy atom. The zero-order valence-electron chi connectivity index (χ0n) is 21.4. The number of carbonyl (C=O) groups is 2. The van der Waals surface area contributed by atoms with Crippen molar-refractivity contribution in [2.24, 2.45) is 11.8 Å². The minimum atomic E-state index is -0.0879. The van der Waals surface area contributed by atoms with E-state index in [9.17, 15) is 9.59 Å². The lowest BCUT2D eigenvalue weighted by molar-refractivity contribution is -0.126. The molecule has 1 aromatic heterocycles. The van der Waals surface area contributed by atoms with E-state index in [-0.39, 0.29) is 23.7 Å². The zero-order valence-corrected chi connectivity index (χ0v) is 21.4. The average Bonchev–Trinajstić information content (AvgIpc) is 3.39. The lowest BCUT2D eigenvalue weighted by Gasteiger charge is -2.34. The maximum Gasteiger partial charge on any atom is 0.253 e. The molecule has 3 aromatic carbocycles. The molecule has 1 aliphatic rings. The van der Waals surface area contributed by atoms with Gasteiger partial charge in [0.25, 0.3) is 5.91 Å². The molecule has 6 heteroatoms. The first-order valence-corrected chi connectivity index (χ1v) is 13.1. The molecule has 2 amide bonds. The van der Waals surface area contributed by atoms with E-state index in [1.54, 1.807) is 6.07 Å². The maximum absolute atomic E-state index is 13.2. The van der Waals surface area contributed by atoms with Crippen LogP contribution >= 0.6 is 0 Å². The Hall–Kier alpha value is -3.93. The summed E-state index contributed by atoms with van der Waals surface area (Å²) in [5, 5.41) is 3.09. The van der Waals surface area contributed by atoms with Gasteiger partial charge in [-0.05, 0) is 66.6 Å². The minimum Gasteiger partial charge on any atom is -0.436 e. The highest BCUT2D eigenvalue weighted by Gasteiger charge is 2.30. The largest absolute Gasteiger partial charge is 0.436 e. The second-order valence-corrected chi connectivity index (χ2v) is 9.87. The van der Waals surface area contributed by atoms with Crippen LogP contribution in [0, 0.1) is 11.8 Å². The first-order chi connectivity index (χ1) is 18.0. The molecule has 190 valence electrons. The molecule has 1 unspecified atom stereocenters. The number of carbonyl (C=O) groups excluding carboxylic acids is 2. The lowest BCUT2D eigenvalue weighted by atomic mass is 9.84. The number of fused-ring (bicyclic) bond motifs is 1. The normalized spacial score (nSPS) is 15.0. The first kappa shape index (κ1) is 24.8. The number of piperidine rings is 1. The lowest BCUT2D eigenvalue weighted by Crippen LogP contribution is -2.42. The van der Waals surface area contributed by atoms with Crippen LogP contribution in [0.4, 0.5) is 0 Å². The Bertz CT molecular complexity index is 1370. The average molecular weight is 496 g/mol. The molecule has 1 N–H and O–H groups in total. The molecule has 0 saturated carbocycles. The highest BCUT2D eigenvalue weighted by molar-refractivity contribution is 5.97. The third-order valence-electron chi connectivity index (χ3n) is 7.50. The number of likely N-dealkylation sites (tertiary alicyclic amines) is 1. The molecule has 2 heterocycles. The van der Waals surface area contributed by atoms with Crippen molar-refractivity contribution in [2.45, 2.75) is 39.7 Å². The van der Waals surface area contributed by atoms with Gasteiger partial charge in [-0.25, -0.2) is 4.98 Å². The molecule has 0 bridgehead atoms. The van der Waals surface area contributed by atoms with E-state index in [1.807, 2.05) is 54.3 Å². The number of rotatable bonds is 7. The molecule has 4 aromatic rings. The van der Waals surface area contributed by atoms with Crippen LogP contribution in [0.25, 0.3) is 22.6 Å². The van der Waals surface area contributed by atoms with Gasteiger partial charge in [0.2, 0.25) is 11.8 Å². The van der Waals surface area contributed by atoms with Crippen LogP contribution in [0.5, 0.6) is 0 Å². The fourth-order valence-electron chi connectivity index (χ4n) is 5.01. The zero-order chi connectivity index (χ0) is 25.8. The summed E-state index contributed by atoms with van der Waals surface area (Å²) in [7, 11) is 0. The minimum absolute atomic E-state index is 0.00255. The summed E-state index contributed by atoms with van der Waals surface area (Å²) in [6.45, 7) is 5.97. The summed E-state index contributed by atoms with van der Waals surface area (Å²) in [6, 6.07) is 23.5. The molecule has 1 atom stereocenters. The van der Waals surface area contributed by atoms with E-state index < -0.39 is 0 Å². The number of hydrogen-bond acceptors (Lipinski definition) is 4. The number of aromatic nitrogens is 1. The van der Waals surface area contributed by atoms with Crippen molar-refractivity contribution in [3.63, 3.8) is 0 Å². The molecule has 6 nitrogen and oxygen atoms in total. The number of benzene rings is 3. The first-order valence-electron chi connectivity index (χ1n) is 13.1. The summed E-state index contributed by atoms with van der Waals surface area (Å²) in [5.41, 5.74) is 5.25. The summed E-state index contributed by atoms with van der Waals surface area (Å²) < 4.78 is 5.88. The highest BCUT2D eigenvalue weighted by Crippen LogP contribution is 2.28. The van der Waals surface area contributed by atoms with Gasteiger partial charge in [-0.2, -0.15) is 0 Å². The third-order valence-corrected chi connectivity index (χ3v) is 7.50. The number of aryl methyl sites for hydroxylation is 1. The van der Waals surface area contributed by atoms with Crippen LogP contribution in [0.1, 0.15) is 48.2 Å². The van der Waals surface area contributed by atoms with Crippen LogP contribution in [0.15, 0.2) is 77.2 Å². The number of oxazole rings is 1. The van der Waals surface area contributed by atoms with Crippen LogP contribution in [-0.4, -0.2) is 34.8 Å². The maximum atomic E-state index is 13.2. The molecule has 0 aliphatic carbocycles. The Labute approximate surface area is 217 Å². The molecular weight excluding hydrogens is 462 g/mol. The van der Waals surface area contributed by atoms with Crippen molar-refractivity contribution in [3.05, 3.63) is 89.5 Å². The van der Waals surface area contributed by atoms with Crippen LogP contribution < -0.4 is 5.32 Å². The molecule has 1 fully saturated rings. The standard InChI is InChI=1S/C31H33N3O3/c1-3-22-9-11-23(12-10-22)20-32-29(35)21(2)24-15-17-34(18-16-24)31(36)26-13-14-28-27(19-26)33-30(37-28)25-7-5-4-6-8-25/h4-14,19,21,24H,3,15-18,20H2,1-2H3,(H,32,35). The van der Waals surface area contributed by atoms with E-state index in [2.05, 4.69) is 41.5 Å². The van der Waals surface area contributed by atoms with Gasteiger partial charge in [-0.1, -0.05) is 56.3 Å². The topological polar surface area (TPSA) is 75.4 Å². The van der Waals surface area contributed by atoms with E-state index >= 15 is 0 Å². The van der Waals surface area contributed by atoms with E-state index in [0.29, 0.717) is 42.2 Å². The summed E-state index contributed by atoms with van der Waals surface area (Å²) in [5.74, 6) is 0.798. The van der Waals surface area contributed by atoms with Gasteiger partial charge < -0.3 is 14.6 Å². The summed E-state index contributed by atoms with van der Waals surface area (Å²) >= 11 is 0. The van der Waals surface area contributed by atoms with E-state index in [0.717, 1.165) is 30.4 Å². The molecule has 1 saturated heterocycles. The SMILES string of the molecule is CCc1ccc(CNC(=O)C(C)C2CCN(C(=O)c3ccc4oc(-c5ccccc5)nc4c3)CC2)cc1. The van der Waals surface area contributed by atoms with E-state index in [1.165, 1.54) is 5.56 Å². The Morgan fingerprint density at radius 2 is 1.70 bits per heavy atom. The van der Waals surface area contributed by atoms with Crippen molar-refractivity contribution < 1.29 is 14.0 Å². The van der Waals surface area contributed by atoms with Gasteiger partial charge >= 0.3 is 0 Å². The smallest absolute Gasteiger partial charge is 0.253 e. The van der Waals surface area contributed by atoms with Gasteiger partial charge in [0, 0.05) is 36.7 Å². The Morgan fingerprint density at radius 3 is 2.41 bits per heavy atom. The predicted octanol–water partition coefficient (Wildman–Crippen LogP) is 5.86. The Balaban J connectivity index is 1.16. The van der Waals surface area contributed by atoms with Gasteiger partial charge in [0.15, 0.2) is 5.58 Å². The van der Waals surface area contributed by atoms with Gasteiger partial charge in [0.1, 0.15) is 5.52 Å². The summed E-state index contributed by atoms with van der Waals surface area (Å²) in [4.78, 5) is 32.5. The second kappa shape index (κ2) is 11.0. The third kappa shape index (κ3) is 5.58. The second-order valence-electron chi connectivity index (χ2n) is 9.87. The molecular formula is C31H33N3O3. The molecule has 1 aliphatic heterocycles. The number of amides is 2. The van der Waals surface area contributed by atoms with Crippen molar-refractivity contribution >= 4 is 22.9 Å². The molecule has 5 rings (SSSR count). The summed E-state index contributed by atoms with van der Waals surface area (Å²) in [6.07, 6.45) is 2.64.